The lowest BCUT2D eigenvalue weighted by Crippen LogP contribution is -2.30. The number of rotatable bonds is 6. The molecule has 0 aliphatic heterocycles. The number of hydrogen-bond acceptors (Lipinski definition) is 5. The number of nitrogens with zero attached hydrogens (tertiary/aromatic N) is 4. The molecular weight excluding hydrogens is 242 g/mol. The summed E-state index contributed by atoms with van der Waals surface area (Å²) in [7, 11) is 3.41. The Kier molecular flexibility index (Phi) is 4.31. The monoisotopic (exact) mass is 263 g/mol. The van der Waals surface area contributed by atoms with Gasteiger partial charge in [0, 0.05) is 26.7 Å². The highest BCUT2D eigenvalue weighted by atomic mass is 16.2. The number of carbonyl (C=O) groups excluding carboxylic acids is 1. The summed E-state index contributed by atoms with van der Waals surface area (Å²) in [6.45, 7) is 1.57. The van der Waals surface area contributed by atoms with Gasteiger partial charge in [-0.2, -0.15) is 0 Å². The molecule has 1 aliphatic carbocycles. The van der Waals surface area contributed by atoms with Gasteiger partial charge in [-0.05, 0) is 37.9 Å². The molecule has 0 atom stereocenters. The van der Waals surface area contributed by atoms with Crippen molar-refractivity contribution in [1.82, 2.24) is 15.1 Å². The predicted octanol–water partition coefficient (Wildman–Crippen LogP) is 0.496. The fourth-order valence-electron chi connectivity index (χ4n) is 1.95. The van der Waals surface area contributed by atoms with Crippen molar-refractivity contribution in [3.63, 3.8) is 0 Å². The molecule has 2 rings (SSSR count). The number of anilines is 1. The molecule has 1 saturated carbocycles. The highest BCUT2D eigenvalue weighted by molar-refractivity contribution is 5.91. The summed E-state index contributed by atoms with van der Waals surface area (Å²) >= 11 is 0. The molecule has 1 aromatic rings. The zero-order valence-electron chi connectivity index (χ0n) is 11.5. The van der Waals surface area contributed by atoms with E-state index in [-0.39, 0.29) is 5.91 Å². The molecule has 0 saturated heterocycles. The van der Waals surface area contributed by atoms with E-state index in [0.29, 0.717) is 18.3 Å². The van der Waals surface area contributed by atoms with Crippen molar-refractivity contribution in [2.45, 2.75) is 25.3 Å². The fourth-order valence-corrected chi connectivity index (χ4v) is 1.95. The standard InChI is InChI=1S/C13H21N5O/c1-17(2)13(19)11-6-7-12(16-15-11)18(9-3-8-14)10-4-5-10/h6-7,10H,3-5,8-9,14H2,1-2H3. The number of carbonyl (C=O) groups is 1. The first-order chi connectivity index (χ1) is 9.13. The Labute approximate surface area is 113 Å². The van der Waals surface area contributed by atoms with Crippen LogP contribution in [0.2, 0.25) is 0 Å². The van der Waals surface area contributed by atoms with E-state index >= 15 is 0 Å². The van der Waals surface area contributed by atoms with Gasteiger partial charge in [0.25, 0.3) is 5.91 Å². The van der Waals surface area contributed by atoms with Gasteiger partial charge in [-0.1, -0.05) is 0 Å². The molecule has 1 fully saturated rings. The quantitative estimate of drug-likeness (QED) is 0.808. The van der Waals surface area contributed by atoms with Crippen molar-refractivity contribution in [2.75, 3.05) is 32.1 Å². The van der Waals surface area contributed by atoms with E-state index in [1.807, 2.05) is 6.07 Å². The summed E-state index contributed by atoms with van der Waals surface area (Å²) in [6.07, 6.45) is 3.34. The van der Waals surface area contributed by atoms with Crippen molar-refractivity contribution >= 4 is 11.7 Å². The molecule has 1 aliphatic rings. The molecule has 0 radical (unpaired) electrons. The van der Waals surface area contributed by atoms with Crippen LogP contribution >= 0.6 is 0 Å². The molecule has 0 unspecified atom stereocenters. The fraction of sp³-hybridized carbons (Fsp3) is 0.615. The Morgan fingerprint density at radius 1 is 1.37 bits per heavy atom. The van der Waals surface area contributed by atoms with Crippen LogP contribution in [0, 0.1) is 0 Å². The topological polar surface area (TPSA) is 75.4 Å². The minimum Gasteiger partial charge on any atom is -0.352 e. The second-order valence-electron chi connectivity index (χ2n) is 5.04. The first kappa shape index (κ1) is 13.7. The largest absolute Gasteiger partial charge is 0.352 e. The van der Waals surface area contributed by atoms with Crippen molar-refractivity contribution in [3.8, 4) is 0 Å². The average Bonchev–Trinajstić information content (AvgIpc) is 3.23. The lowest BCUT2D eigenvalue weighted by molar-refractivity contribution is 0.0821. The Bertz CT molecular complexity index is 427. The molecule has 104 valence electrons. The van der Waals surface area contributed by atoms with Gasteiger partial charge < -0.3 is 15.5 Å². The van der Waals surface area contributed by atoms with Crippen LogP contribution in [0.4, 0.5) is 5.82 Å². The molecule has 1 aromatic heterocycles. The average molecular weight is 263 g/mol. The van der Waals surface area contributed by atoms with E-state index in [1.165, 1.54) is 17.7 Å². The molecule has 19 heavy (non-hydrogen) atoms. The zero-order chi connectivity index (χ0) is 13.8. The number of nitrogens with two attached hydrogens (primary N) is 1. The van der Waals surface area contributed by atoms with Gasteiger partial charge in [0.05, 0.1) is 0 Å². The second-order valence-corrected chi connectivity index (χ2v) is 5.04. The second kappa shape index (κ2) is 5.97. The number of aromatic nitrogens is 2. The van der Waals surface area contributed by atoms with Crippen LogP contribution in [0.15, 0.2) is 12.1 Å². The normalized spacial score (nSPS) is 14.3. The van der Waals surface area contributed by atoms with E-state index in [2.05, 4.69) is 15.1 Å². The van der Waals surface area contributed by atoms with Gasteiger partial charge in [-0.25, -0.2) is 0 Å². The maximum absolute atomic E-state index is 11.7. The van der Waals surface area contributed by atoms with Crippen LogP contribution in [-0.4, -0.2) is 54.2 Å². The number of amides is 1. The van der Waals surface area contributed by atoms with Crippen LogP contribution < -0.4 is 10.6 Å². The van der Waals surface area contributed by atoms with E-state index in [4.69, 9.17) is 5.73 Å². The van der Waals surface area contributed by atoms with Crippen molar-refractivity contribution < 1.29 is 4.79 Å². The maximum Gasteiger partial charge on any atom is 0.273 e. The predicted molar refractivity (Wildman–Crippen MR) is 74.1 cm³/mol. The highest BCUT2D eigenvalue weighted by Gasteiger charge is 2.29. The first-order valence-electron chi connectivity index (χ1n) is 6.65. The van der Waals surface area contributed by atoms with E-state index < -0.39 is 0 Å². The van der Waals surface area contributed by atoms with Crippen LogP contribution in [0.1, 0.15) is 29.8 Å². The van der Waals surface area contributed by atoms with E-state index in [9.17, 15) is 4.79 Å². The molecule has 2 N–H and O–H groups in total. The maximum atomic E-state index is 11.7. The van der Waals surface area contributed by atoms with Crippen molar-refractivity contribution in [1.29, 1.82) is 0 Å². The Hall–Kier alpha value is -1.69. The lowest BCUT2D eigenvalue weighted by Gasteiger charge is -2.22. The third-order valence-corrected chi connectivity index (χ3v) is 3.16. The summed E-state index contributed by atoms with van der Waals surface area (Å²) in [6, 6.07) is 4.18. The van der Waals surface area contributed by atoms with Gasteiger partial charge in [0.15, 0.2) is 11.5 Å². The van der Waals surface area contributed by atoms with Gasteiger partial charge in [-0.15, -0.1) is 10.2 Å². The van der Waals surface area contributed by atoms with Crippen LogP contribution in [-0.2, 0) is 0 Å². The summed E-state index contributed by atoms with van der Waals surface area (Å²) in [4.78, 5) is 15.5. The number of hydrogen-bond donors (Lipinski definition) is 1. The van der Waals surface area contributed by atoms with Crippen LogP contribution in [0.5, 0.6) is 0 Å². The molecule has 1 heterocycles. The van der Waals surface area contributed by atoms with Gasteiger partial charge in [0.2, 0.25) is 0 Å². The Morgan fingerprint density at radius 3 is 2.58 bits per heavy atom. The SMILES string of the molecule is CN(C)C(=O)c1ccc(N(CCCN)C2CC2)nn1. The van der Waals surface area contributed by atoms with Crippen molar-refractivity contribution in [2.24, 2.45) is 5.73 Å². The van der Waals surface area contributed by atoms with E-state index in [0.717, 1.165) is 18.8 Å². The van der Waals surface area contributed by atoms with Gasteiger partial charge >= 0.3 is 0 Å². The smallest absolute Gasteiger partial charge is 0.273 e. The summed E-state index contributed by atoms with van der Waals surface area (Å²) in [5.74, 6) is 0.713. The van der Waals surface area contributed by atoms with Crippen LogP contribution in [0.3, 0.4) is 0 Å². The van der Waals surface area contributed by atoms with Gasteiger partial charge in [0.1, 0.15) is 0 Å². The van der Waals surface area contributed by atoms with E-state index in [1.54, 1.807) is 20.2 Å². The molecule has 6 nitrogen and oxygen atoms in total. The first-order valence-corrected chi connectivity index (χ1v) is 6.65. The Morgan fingerprint density at radius 2 is 2.11 bits per heavy atom. The molecule has 0 spiro atoms. The summed E-state index contributed by atoms with van der Waals surface area (Å²) in [5.41, 5.74) is 5.94. The molecule has 0 bridgehead atoms. The summed E-state index contributed by atoms with van der Waals surface area (Å²) < 4.78 is 0. The Balaban J connectivity index is 2.09. The third kappa shape index (κ3) is 3.41. The van der Waals surface area contributed by atoms with Crippen molar-refractivity contribution in [3.05, 3.63) is 17.8 Å². The molecule has 6 heteroatoms. The third-order valence-electron chi connectivity index (χ3n) is 3.16. The minimum atomic E-state index is -0.126. The molecule has 1 amide bonds. The molecular formula is C13H21N5O. The molecule has 0 aromatic carbocycles. The van der Waals surface area contributed by atoms with Crippen LogP contribution in [0.25, 0.3) is 0 Å². The van der Waals surface area contributed by atoms with Gasteiger partial charge in [-0.3, -0.25) is 4.79 Å². The minimum absolute atomic E-state index is 0.126. The zero-order valence-corrected chi connectivity index (χ0v) is 11.5. The summed E-state index contributed by atoms with van der Waals surface area (Å²) in [5, 5.41) is 8.21. The lowest BCUT2D eigenvalue weighted by atomic mass is 10.3. The highest BCUT2D eigenvalue weighted by Crippen LogP contribution is 2.30.